The maximum atomic E-state index is 11.8. The van der Waals surface area contributed by atoms with Gasteiger partial charge in [0.1, 0.15) is 6.10 Å². The molecular formula is C12H20N2O3. The quantitative estimate of drug-likeness (QED) is 0.763. The molecule has 0 aromatic rings. The molecule has 17 heavy (non-hydrogen) atoms. The predicted octanol–water partition coefficient (Wildman–Crippen LogP) is 1.86. The van der Waals surface area contributed by atoms with Gasteiger partial charge < -0.3 is 9.57 Å². The van der Waals surface area contributed by atoms with Crippen molar-refractivity contribution in [2.75, 3.05) is 0 Å². The normalized spacial score (nSPS) is 21.4. The average Bonchev–Trinajstić information content (AvgIpc) is 2.79. The lowest BCUT2D eigenvalue weighted by molar-refractivity contribution is -0.151. The summed E-state index contributed by atoms with van der Waals surface area (Å²) in [4.78, 5) is 16.9. The molecule has 1 saturated carbocycles. The third kappa shape index (κ3) is 3.12. The molecule has 0 amide bonds. The van der Waals surface area contributed by atoms with Crippen molar-refractivity contribution >= 4 is 5.97 Å². The molecule has 0 unspecified atom stereocenters. The number of hydrogen-bond acceptors (Lipinski definition) is 5. The highest BCUT2D eigenvalue weighted by Gasteiger charge is 2.26. The molecule has 2 rings (SSSR count). The zero-order valence-corrected chi connectivity index (χ0v) is 10.4. The SMILES string of the molecule is CC(C)N1C=C(C(=O)OC2CCCCC2)ON1. The van der Waals surface area contributed by atoms with Gasteiger partial charge in [0.25, 0.3) is 5.76 Å². The van der Waals surface area contributed by atoms with E-state index in [1.807, 2.05) is 13.8 Å². The first-order chi connectivity index (χ1) is 8.16. The molecule has 1 heterocycles. The highest BCUT2D eigenvalue weighted by atomic mass is 16.7. The lowest BCUT2D eigenvalue weighted by Gasteiger charge is -2.21. The predicted molar refractivity (Wildman–Crippen MR) is 62.2 cm³/mol. The Hall–Kier alpha value is -1.23. The summed E-state index contributed by atoms with van der Waals surface area (Å²) in [6, 6.07) is 0.231. The monoisotopic (exact) mass is 240 g/mol. The van der Waals surface area contributed by atoms with Crippen LogP contribution in [0.5, 0.6) is 0 Å². The van der Waals surface area contributed by atoms with Crippen LogP contribution in [0.3, 0.4) is 0 Å². The summed E-state index contributed by atoms with van der Waals surface area (Å²) in [6.45, 7) is 4.00. The zero-order chi connectivity index (χ0) is 12.3. The summed E-state index contributed by atoms with van der Waals surface area (Å²) in [7, 11) is 0. The maximum absolute atomic E-state index is 11.8. The molecular weight excluding hydrogens is 220 g/mol. The molecule has 5 heteroatoms. The highest BCUT2D eigenvalue weighted by Crippen LogP contribution is 2.22. The number of carbonyl (C=O) groups excluding carboxylic acids is 1. The summed E-state index contributed by atoms with van der Waals surface area (Å²) < 4.78 is 5.40. The van der Waals surface area contributed by atoms with Gasteiger partial charge in [0, 0.05) is 6.04 Å². The smallest absolute Gasteiger partial charge is 0.378 e. The average molecular weight is 240 g/mol. The molecule has 0 spiro atoms. The van der Waals surface area contributed by atoms with Crippen LogP contribution in [0.1, 0.15) is 46.0 Å². The third-order valence-electron chi connectivity index (χ3n) is 3.10. The van der Waals surface area contributed by atoms with E-state index in [0.29, 0.717) is 0 Å². The number of nitrogens with zero attached hydrogens (tertiary/aromatic N) is 1. The number of ether oxygens (including phenoxy) is 1. The molecule has 0 radical (unpaired) electrons. The fourth-order valence-corrected chi connectivity index (χ4v) is 2.02. The summed E-state index contributed by atoms with van der Waals surface area (Å²) in [5, 5.41) is 1.73. The van der Waals surface area contributed by atoms with Gasteiger partial charge in [-0.1, -0.05) is 12.0 Å². The van der Waals surface area contributed by atoms with Gasteiger partial charge in [-0.15, -0.1) is 0 Å². The van der Waals surface area contributed by atoms with Crippen LogP contribution < -0.4 is 5.59 Å². The largest absolute Gasteiger partial charge is 0.456 e. The molecule has 1 fully saturated rings. The number of nitrogens with one attached hydrogen (secondary N) is 1. The Morgan fingerprint density at radius 1 is 1.47 bits per heavy atom. The number of carbonyl (C=O) groups is 1. The van der Waals surface area contributed by atoms with Crippen LogP contribution in [0.25, 0.3) is 0 Å². The molecule has 0 saturated heterocycles. The molecule has 5 nitrogen and oxygen atoms in total. The van der Waals surface area contributed by atoms with Crippen LogP contribution in [-0.4, -0.2) is 23.1 Å². The van der Waals surface area contributed by atoms with Crippen LogP contribution in [0.2, 0.25) is 0 Å². The Morgan fingerprint density at radius 2 is 2.18 bits per heavy atom. The first-order valence-corrected chi connectivity index (χ1v) is 6.30. The van der Waals surface area contributed by atoms with Crippen molar-refractivity contribution in [1.29, 1.82) is 0 Å². The standard InChI is InChI=1S/C12H20N2O3/c1-9(2)14-8-11(17-13-14)12(15)16-10-6-4-3-5-7-10/h8-10,13H,3-7H2,1-2H3. The second-order valence-electron chi connectivity index (χ2n) is 4.85. The Kier molecular flexibility index (Phi) is 3.89. The number of rotatable bonds is 3. The van der Waals surface area contributed by atoms with Crippen LogP contribution in [0, 0.1) is 0 Å². The summed E-state index contributed by atoms with van der Waals surface area (Å²) >= 11 is 0. The fourth-order valence-electron chi connectivity index (χ4n) is 2.02. The Balaban J connectivity index is 1.85. The summed E-state index contributed by atoms with van der Waals surface area (Å²) in [6.07, 6.45) is 7.20. The van der Waals surface area contributed by atoms with Crippen molar-refractivity contribution < 1.29 is 14.4 Å². The molecule has 1 aliphatic carbocycles. The van der Waals surface area contributed by atoms with E-state index in [9.17, 15) is 4.79 Å². The van der Waals surface area contributed by atoms with E-state index in [0.717, 1.165) is 25.7 Å². The van der Waals surface area contributed by atoms with Gasteiger partial charge in [-0.3, -0.25) is 5.01 Å². The van der Waals surface area contributed by atoms with Gasteiger partial charge in [0.05, 0.1) is 6.20 Å². The molecule has 0 aromatic heterocycles. The van der Waals surface area contributed by atoms with Gasteiger partial charge in [-0.05, 0) is 39.5 Å². The fraction of sp³-hybridized carbons (Fsp3) is 0.750. The van der Waals surface area contributed by atoms with Crippen LogP contribution in [0.4, 0.5) is 0 Å². The minimum absolute atomic E-state index is 0.0637. The van der Waals surface area contributed by atoms with Crippen molar-refractivity contribution in [3.8, 4) is 0 Å². The number of hydrogen-bond donors (Lipinski definition) is 1. The van der Waals surface area contributed by atoms with Crippen LogP contribution in [0.15, 0.2) is 12.0 Å². The summed E-state index contributed by atoms with van der Waals surface area (Å²) in [5.74, 6) is -0.128. The van der Waals surface area contributed by atoms with Gasteiger partial charge in [0.15, 0.2) is 0 Å². The Bertz CT molecular complexity index is 309. The minimum Gasteiger partial charge on any atom is -0.456 e. The first-order valence-electron chi connectivity index (χ1n) is 6.30. The van der Waals surface area contributed by atoms with Crippen LogP contribution in [-0.2, 0) is 14.4 Å². The molecule has 0 bridgehead atoms. The molecule has 1 N–H and O–H groups in total. The molecule has 96 valence electrons. The minimum atomic E-state index is -0.368. The lowest BCUT2D eigenvalue weighted by Crippen LogP contribution is -2.33. The van der Waals surface area contributed by atoms with E-state index in [1.54, 1.807) is 11.2 Å². The zero-order valence-electron chi connectivity index (χ0n) is 10.4. The van der Waals surface area contributed by atoms with E-state index < -0.39 is 0 Å². The topological polar surface area (TPSA) is 50.8 Å². The summed E-state index contributed by atoms with van der Waals surface area (Å²) in [5.41, 5.74) is 2.66. The molecule has 2 aliphatic rings. The van der Waals surface area contributed by atoms with E-state index in [2.05, 4.69) is 5.59 Å². The van der Waals surface area contributed by atoms with Crippen molar-refractivity contribution in [3.63, 3.8) is 0 Å². The van der Waals surface area contributed by atoms with Gasteiger partial charge in [-0.2, -0.15) is 0 Å². The third-order valence-corrected chi connectivity index (χ3v) is 3.10. The van der Waals surface area contributed by atoms with Crippen molar-refractivity contribution in [3.05, 3.63) is 12.0 Å². The molecule has 0 aromatic carbocycles. The van der Waals surface area contributed by atoms with Gasteiger partial charge in [0.2, 0.25) is 0 Å². The van der Waals surface area contributed by atoms with Crippen molar-refractivity contribution in [1.82, 2.24) is 10.6 Å². The highest BCUT2D eigenvalue weighted by molar-refractivity contribution is 5.86. The molecule has 1 aliphatic heterocycles. The van der Waals surface area contributed by atoms with Gasteiger partial charge in [-0.25, -0.2) is 4.79 Å². The van der Waals surface area contributed by atoms with Crippen molar-refractivity contribution in [2.24, 2.45) is 0 Å². The second-order valence-corrected chi connectivity index (χ2v) is 4.85. The second kappa shape index (κ2) is 5.40. The van der Waals surface area contributed by atoms with E-state index >= 15 is 0 Å². The number of hydrazine groups is 1. The Morgan fingerprint density at radius 3 is 2.76 bits per heavy atom. The van der Waals surface area contributed by atoms with Gasteiger partial charge >= 0.3 is 5.97 Å². The van der Waals surface area contributed by atoms with E-state index in [1.165, 1.54) is 6.42 Å². The lowest BCUT2D eigenvalue weighted by atomic mass is 9.98. The first kappa shape index (κ1) is 12.2. The van der Waals surface area contributed by atoms with Crippen LogP contribution >= 0.6 is 0 Å². The van der Waals surface area contributed by atoms with E-state index in [-0.39, 0.29) is 23.9 Å². The Labute approximate surface area is 102 Å². The van der Waals surface area contributed by atoms with Crippen molar-refractivity contribution in [2.45, 2.75) is 58.1 Å². The number of esters is 1. The molecule has 0 atom stereocenters. The van der Waals surface area contributed by atoms with E-state index in [4.69, 9.17) is 9.57 Å². The maximum Gasteiger partial charge on any atom is 0.378 e.